The minimum Gasteiger partial charge on any atom is -0.399 e. The zero-order chi connectivity index (χ0) is 13.3. The quantitative estimate of drug-likeness (QED) is 0.660. The molecule has 1 aromatic heterocycles. The second-order valence-electron chi connectivity index (χ2n) is 3.96. The molecular formula is C13H12BrN3O. The lowest BCUT2D eigenvalue weighted by Gasteiger charge is -2.09. The molecule has 2 aromatic rings. The largest absolute Gasteiger partial charge is 0.399 e. The summed E-state index contributed by atoms with van der Waals surface area (Å²) >= 11 is 3.33. The van der Waals surface area contributed by atoms with Gasteiger partial charge in [0.05, 0.1) is 5.56 Å². The molecule has 1 heterocycles. The Bertz CT molecular complexity index is 605. The lowest BCUT2D eigenvalue weighted by molar-refractivity contribution is 0.103. The van der Waals surface area contributed by atoms with Crippen LogP contribution in [0, 0.1) is 6.92 Å². The molecule has 0 unspecified atom stereocenters. The number of anilines is 2. The molecule has 2 rings (SSSR count). The molecule has 4 nitrogen and oxygen atoms in total. The second-order valence-corrected chi connectivity index (χ2v) is 4.81. The van der Waals surface area contributed by atoms with Crippen LogP contribution < -0.4 is 11.5 Å². The highest BCUT2D eigenvalue weighted by molar-refractivity contribution is 9.10. The monoisotopic (exact) mass is 305 g/mol. The van der Waals surface area contributed by atoms with E-state index in [1.54, 1.807) is 30.5 Å². The fourth-order valence-electron chi connectivity index (χ4n) is 1.72. The summed E-state index contributed by atoms with van der Waals surface area (Å²) in [6.45, 7) is 1.83. The van der Waals surface area contributed by atoms with E-state index in [4.69, 9.17) is 11.5 Å². The lowest BCUT2D eigenvalue weighted by Crippen LogP contribution is -2.10. The van der Waals surface area contributed by atoms with E-state index in [0.29, 0.717) is 21.3 Å². The smallest absolute Gasteiger partial charge is 0.198 e. The molecule has 0 saturated heterocycles. The van der Waals surface area contributed by atoms with Gasteiger partial charge in [0, 0.05) is 21.9 Å². The molecule has 0 fully saturated rings. The van der Waals surface area contributed by atoms with Crippen LogP contribution in [-0.2, 0) is 0 Å². The molecular weight excluding hydrogens is 294 g/mol. The molecule has 0 amide bonds. The molecule has 0 aliphatic carbocycles. The maximum absolute atomic E-state index is 12.4. The molecule has 0 bridgehead atoms. The molecule has 0 saturated carbocycles. The van der Waals surface area contributed by atoms with Gasteiger partial charge in [-0.15, -0.1) is 0 Å². The molecule has 0 aliphatic heterocycles. The van der Waals surface area contributed by atoms with Crippen LogP contribution in [0.15, 0.2) is 34.9 Å². The third-order valence-corrected chi connectivity index (χ3v) is 3.31. The Morgan fingerprint density at radius 3 is 2.61 bits per heavy atom. The van der Waals surface area contributed by atoms with Crippen LogP contribution in [0.1, 0.15) is 21.5 Å². The number of pyridine rings is 1. The average Bonchev–Trinajstić information content (AvgIpc) is 2.28. The average molecular weight is 306 g/mol. The van der Waals surface area contributed by atoms with Gasteiger partial charge in [-0.05, 0) is 52.7 Å². The molecule has 0 aliphatic rings. The summed E-state index contributed by atoms with van der Waals surface area (Å²) in [7, 11) is 0. The van der Waals surface area contributed by atoms with Crippen molar-refractivity contribution in [1.29, 1.82) is 0 Å². The van der Waals surface area contributed by atoms with Gasteiger partial charge in [0.15, 0.2) is 5.78 Å². The Hall–Kier alpha value is -1.88. The summed E-state index contributed by atoms with van der Waals surface area (Å²) in [5.74, 6) is 0.0775. The SMILES string of the molecule is Cc1ccnc(N)c1C(=O)c1ccc(N)cc1Br. The molecule has 18 heavy (non-hydrogen) atoms. The molecule has 0 spiro atoms. The van der Waals surface area contributed by atoms with Crippen molar-refractivity contribution in [2.24, 2.45) is 0 Å². The normalized spacial score (nSPS) is 10.3. The highest BCUT2D eigenvalue weighted by Gasteiger charge is 2.18. The summed E-state index contributed by atoms with van der Waals surface area (Å²) in [6.07, 6.45) is 1.58. The first-order chi connectivity index (χ1) is 8.50. The van der Waals surface area contributed by atoms with E-state index in [0.717, 1.165) is 5.56 Å². The van der Waals surface area contributed by atoms with E-state index >= 15 is 0 Å². The van der Waals surface area contributed by atoms with Crippen LogP contribution in [0.25, 0.3) is 0 Å². The summed E-state index contributed by atoms with van der Waals surface area (Å²) in [6, 6.07) is 6.80. The van der Waals surface area contributed by atoms with E-state index in [9.17, 15) is 4.79 Å². The topological polar surface area (TPSA) is 82.0 Å². The van der Waals surface area contributed by atoms with Crippen molar-refractivity contribution in [1.82, 2.24) is 4.98 Å². The molecule has 0 radical (unpaired) electrons. The number of nitrogens with zero attached hydrogens (tertiary/aromatic N) is 1. The molecule has 4 N–H and O–H groups in total. The number of aromatic nitrogens is 1. The molecule has 0 atom stereocenters. The van der Waals surface area contributed by atoms with Crippen molar-refractivity contribution < 1.29 is 4.79 Å². The minimum atomic E-state index is -0.162. The van der Waals surface area contributed by atoms with Gasteiger partial charge in [-0.2, -0.15) is 0 Å². The van der Waals surface area contributed by atoms with Crippen LogP contribution in [0.2, 0.25) is 0 Å². The first-order valence-electron chi connectivity index (χ1n) is 5.31. The summed E-state index contributed by atoms with van der Waals surface area (Å²) in [5, 5.41) is 0. The Balaban J connectivity index is 2.55. The number of nitrogen functional groups attached to an aromatic ring is 2. The fraction of sp³-hybridized carbons (Fsp3) is 0.0769. The van der Waals surface area contributed by atoms with Gasteiger partial charge in [0.25, 0.3) is 0 Å². The van der Waals surface area contributed by atoms with Crippen LogP contribution in [0.4, 0.5) is 11.5 Å². The van der Waals surface area contributed by atoms with E-state index in [-0.39, 0.29) is 11.6 Å². The molecule has 5 heteroatoms. The zero-order valence-electron chi connectivity index (χ0n) is 9.77. The highest BCUT2D eigenvalue weighted by Crippen LogP contribution is 2.25. The number of rotatable bonds is 2. The number of carbonyl (C=O) groups excluding carboxylic acids is 1. The van der Waals surface area contributed by atoms with Crippen molar-refractivity contribution >= 4 is 33.2 Å². The first kappa shape index (κ1) is 12.6. The third kappa shape index (κ3) is 2.22. The predicted octanol–water partition coefficient (Wildman–Crippen LogP) is 2.55. The molecule has 1 aromatic carbocycles. The van der Waals surface area contributed by atoms with Gasteiger partial charge in [-0.3, -0.25) is 4.79 Å². The minimum absolute atomic E-state index is 0.162. The van der Waals surface area contributed by atoms with Gasteiger partial charge in [-0.1, -0.05) is 0 Å². The van der Waals surface area contributed by atoms with E-state index in [2.05, 4.69) is 20.9 Å². The van der Waals surface area contributed by atoms with Crippen molar-refractivity contribution in [3.63, 3.8) is 0 Å². The van der Waals surface area contributed by atoms with Gasteiger partial charge < -0.3 is 11.5 Å². The fourth-order valence-corrected chi connectivity index (χ4v) is 2.30. The number of ketones is 1. The van der Waals surface area contributed by atoms with Crippen molar-refractivity contribution in [3.05, 3.63) is 51.6 Å². The summed E-state index contributed by atoms with van der Waals surface area (Å²) < 4.78 is 0.648. The Labute approximate surface area is 113 Å². The van der Waals surface area contributed by atoms with Crippen molar-refractivity contribution in [2.45, 2.75) is 6.92 Å². The predicted molar refractivity (Wildman–Crippen MR) is 75.4 cm³/mol. The number of halogens is 1. The second kappa shape index (κ2) is 4.78. The van der Waals surface area contributed by atoms with Gasteiger partial charge in [0.2, 0.25) is 0 Å². The first-order valence-corrected chi connectivity index (χ1v) is 6.11. The van der Waals surface area contributed by atoms with Crippen molar-refractivity contribution in [2.75, 3.05) is 11.5 Å². The number of carbonyl (C=O) groups is 1. The van der Waals surface area contributed by atoms with Gasteiger partial charge >= 0.3 is 0 Å². The Morgan fingerprint density at radius 2 is 2.00 bits per heavy atom. The number of nitrogens with two attached hydrogens (primary N) is 2. The van der Waals surface area contributed by atoms with Crippen LogP contribution in [0.3, 0.4) is 0 Å². The summed E-state index contributed by atoms with van der Waals surface area (Å²) in [4.78, 5) is 16.4. The van der Waals surface area contributed by atoms with Crippen LogP contribution in [-0.4, -0.2) is 10.8 Å². The van der Waals surface area contributed by atoms with E-state index in [1.807, 2.05) is 6.92 Å². The van der Waals surface area contributed by atoms with Crippen molar-refractivity contribution in [3.8, 4) is 0 Å². The van der Waals surface area contributed by atoms with Crippen LogP contribution >= 0.6 is 15.9 Å². The summed E-state index contributed by atoms with van der Waals surface area (Å²) in [5.41, 5.74) is 13.8. The Kier molecular flexibility index (Phi) is 3.34. The highest BCUT2D eigenvalue weighted by atomic mass is 79.9. The maximum Gasteiger partial charge on any atom is 0.198 e. The number of aryl methyl sites for hydroxylation is 1. The van der Waals surface area contributed by atoms with Gasteiger partial charge in [-0.25, -0.2) is 4.98 Å². The number of hydrogen-bond acceptors (Lipinski definition) is 4. The van der Waals surface area contributed by atoms with E-state index < -0.39 is 0 Å². The van der Waals surface area contributed by atoms with Crippen LogP contribution in [0.5, 0.6) is 0 Å². The maximum atomic E-state index is 12.4. The number of benzene rings is 1. The van der Waals surface area contributed by atoms with E-state index in [1.165, 1.54) is 0 Å². The molecule has 92 valence electrons. The lowest BCUT2D eigenvalue weighted by atomic mass is 10.00. The standard InChI is InChI=1S/C13H12BrN3O/c1-7-4-5-17-13(16)11(7)12(18)9-3-2-8(15)6-10(9)14/h2-6H,15H2,1H3,(H2,16,17). The van der Waals surface area contributed by atoms with Gasteiger partial charge in [0.1, 0.15) is 5.82 Å². The zero-order valence-corrected chi connectivity index (χ0v) is 11.4. The third-order valence-electron chi connectivity index (χ3n) is 2.65. The Morgan fingerprint density at radius 1 is 1.28 bits per heavy atom. The number of hydrogen-bond donors (Lipinski definition) is 2.